The van der Waals surface area contributed by atoms with Gasteiger partial charge < -0.3 is 5.73 Å². The van der Waals surface area contributed by atoms with E-state index in [1.165, 1.54) is 0 Å². The normalized spacial score (nSPS) is 29.9. The van der Waals surface area contributed by atoms with E-state index in [0.717, 1.165) is 0 Å². The highest BCUT2D eigenvalue weighted by Crippen LogP contribution is 2.06. The maximum absolute atomic E-state index is 5.49. The predicted octanol–water partition coefficient (Wildman–Crippen LogP) is -0.278. The number of aliphatic imine (C=N–C) groups is 1. The summed E-state index contributed by atoms with van der Waals surface area (Å²) in [5, 5.41) is 3.16. The summed E-state index contributed by atoms with van der Waals surface area (Å²) in [7, 11) is 0. The summed E-state index contributed by atoms with van der Waals surface area (Å²) in [6.07, 6.45) is 2.00. The van der Waals surface area contributed by atoms with Gasteiger partial charge in [0, 0.05) is 12.3 Å². The molecule has 1 aliphatic rings. The van der Waals surface area contributed by atoms with E-state index in [9.17, 15) is 0 Å². The predicted molar refractivity (Wildman–Crippen MR) is 38.5 cm³/mol. The summed E-state index contributed by atoms with van der Waals surface area (Å²) >= 11 is 0. The van der Waals surface area contributed by atoms with Crippen molar-refractivity contribution in [1.29, 1.82) is 0 Å². The molecule has 9 heavy (non-hydrogen) atoms. The van der Waals surface area contributed by atoms with Crippen LogP contribution in [0.2, 0.25) is 0 Å². The average Bonchev–Trinajstić information content (AvgIpc) is 2.40. The number of nitrogens with two attached hydrogens (primary N) is 1. The molecule has 52 valence electrons. The molecule has 0 saturated carbocycles. The summed E-state index contributed by atoms with van der Waals surface area (Å²) in [5.41, 5.74) is 5.49. The summed E-state index contributed by atoms with van der Waals surface area (Å²) in [6.45, 7) is 4.01. The van der Waals surface area contributed by atoms with Gasteiger partial charge in [0.05, 0.1) is 12.2 Å². The van der Waals surface area contributed by atoms with Crippen molar-refractivity contribution in [3.63, 3.8) is 0 Å². The maximum atomic E-state index is 5.49. The van der Waals surface area contributed by atoms with E-state index >= 15 is 0 Å². The van der Waals surface area contributed by atoms with Crippen LogP contribution in [-0.2, 0) is 0 Å². The molecule has 3 nitrogen and oxygen atoms in total. The lowest BCUT2D eigenvalue weighted by molar-refractivity contribution is 0.477. The molecule has 3 unspecified atom stereocenters. The number of rotatable bonds is 3. The standard InChI is InChI=1S/C6H13N3/c1-4(6-3-8-6)9-5(2)7/h3-6,9H,7H2,1-2H3. The molecule has 3 heteroatoms. The lowest BCUT2D eigenvalue weighted by Gasteiger charge is -2.14. The molecule has 1 rings (SSSR count). The van der Waals surface area contributed by atoms with E-state index in [4.69, 9.17) is 5.73 Å². The minimum Gasteiger partial charge on any atom is -0.316 e. The Kier molecular flexibility index (Phi) is 1.83. The monoisotopic (exact) mass is 127 g/mol. The zero-order valence-corrected chi connectivity index (χ0v) is 5.83. The molecule has 0 fully saturated rings. The fraction of sp³-hybridized carbons (Fsp3) is 0.833. The summed E-state index contributed by atoms with van der Waals surface area (Å²) in [4.78, 5) is 4.01. The smallest absolute Gasteiger partial charge is 0.0993 e. The van der Waals surface area contributed by atoms with Crippen molar-refractivity contribution in [3.05, 3.63) is 0 Å². The van der Waals surface area contributed by atoms with Crippen molar-refractivity contribution in [3.8, 4) is 0 Å². The van der Waals surface area contributed by atoms with Crippen LogP contribution in [0.1, 0.15) is 13.8 Å². The van der Waals surface area contributed by atoms with Gasteiger partial charge in [-0.15, -0.1) is 0 Å². The first-order valence-corrected chi connectivity index (χ1v) is 3.25. The first kappa shape index (κ1) is 6.71. The number of nitrogens with one attached hydrogen (secondary N) is 1. The largest absolute Gasteiger partial charge is 0.316 e. The zero-order chi connectivity index (χ0) is 6.85. The summed E-state index contributed by atoms with van der Waals surface area (Å²) < 4.78 is 0. The molecule has 1 heterocycles. The Morgan fingerprint density at radius 3 is 2.56 bits per heavy atom. The fourth-order valence-corrected chi connectivity index (χ4v) is 0.821. The average molecular weight is 127 g/mol. The van der Waals surface area contributed by atoms with Gasteiger partial charge in [0.15, 0.2) is 0 Å². The van der Waals surface area contributed by atoms with Gasteiger partial charge in [0.1, 0.15) is 0 Å². The molecule has 0 spiro atoms. The highest BCUT2D eigenvalue weighted by Gasteiger charge is 2.21. The van der Waals surface area contributed by atoms with Crippen molar-refractivity contribution in [2.45, 2.75) is 32.1 Å². The maximum Gasteiger partial charge on any atom is 0.0993 e. The molecule has 0 aliphatic carbocycles. The molecule has 0 aromatic heterocycles. The second-order valence-electron chi connectivity index (χ2n) is 2.53. The zero-order valence-electron chi connectivity index (χ0n) is 5.83. The Morgan fingerprint density at radius 1 is 1.67 bits per heavy atom. The fourth-order valence-electron chi connectivity index (χ4n) is 0.821. The molecule has 0 radical (unpaired) electrons. The third kappa shape index (κ3) is 2.11. The number of hydrogen-bond donors (Lipinski definition) is 2. The molecular weight excluding hydrogens is 114 g/mol. The Bertz CT molecular complexity index is 113. The molecule has 3 atom stereocenters. The molecule has 0 aromatic carbocycles. The molecule has 0 bridgehead atoms. The van der Waals surface area contributed by atoms with E-state index in [-0.39, 0.29) is 6.17 Å². The van der Waals surface area contributed by atoms with Crippen LogP contribution in [0.3, 0.4) is 0 Å². The van der Waals surface area contributed by atoms with Crippen LogP contribution < -0.4 is 11.1 Å². The second-order valence-corrected chi connectivity index (χ2v) is 2.53. The summed E-state index contributed by atoms with van der Waals surface area (Å²) in [5.74, 6) is 0. The molecular formula is C6H13N3. The van der Waals surface area contributed by atoms with Crippen LogP contribution in [0.4, 0.5) is 0 Å². The van der Waals surface area contributed by atoms with Gasteiger partial charge in [-0.1, -0.05) is 0 Å². The molecule has 0 aromatic rings. The third-order valence-electron chi connectivity index (χ3n) is 1.36. The van der Waals surface area contributed by atoms with Crippen molar-refractivity contribution in [2.24, 2.45) is 10.7 Å². The van der Waals surface area contributed by atoms with E-state index in [1.807, 2.05) is 13.1 Å². The van der Waals surface area contributed by atoms with Gasteiger partial charge in [-0.3, -0.25) is 10.3 Å². The second kappa shape index (κ2) is 2.45. The minimum atomic E-state index is 0.0733. The SMILES string of the molecule is CC(N)NC(C)C1C=N1. The highest BCUT2D eigenvalue weighted by molar-refractivity contribution is 5.78. The Labute approximate surface area is 55.3 Å². The number of nitrogens with zero attached hydrogens (tertiary/aromatic N) is 1. The first-order valence-electron chi connectivity index (χ1n) is 3.25. The van der Waals surface area contributed by atoms with E-state index in [2.05, 4.69) is 17.2 Å². The van der Waals surface area contributed by atoms with Gasteiger partial charge in [-0.05, 0) is 13.8 Å². The quantitative estimate of drug-likeness (QED) is 0.512. The van der Waals surface area contributed by atoms with Gasteiger partial charge in [0.2, 0.25) is 0 Å². The van der Waals surface area contributed by atoms with Gasteiger partial charge in [-0.25, -0.2) is 0 Å². The lowest BCUT2D eigenvalue weighted by atomic mass is 10.2. The Balaban J connectivity index is 2.10. The topological polar surface area (TPSA) is 50.4 Å². The Morgan fingerprint density at radius 2 is 2.22 bits per heavy atom. The number of hydrogen-bond acceptors (Lipinski definition) is 3. The summed E-state index contributed by atoms with van der Waals surface area (Å²) in [6, 6.07) is 0.820. The molecule has 3 N–H and O–H groups in total. The van der Waals surface area contributed by atoms with Crippen molar-refractivity contribution in [1.82, 2.24) is 5.32 Å². The van der Waals surface area contributed by atoms with E-state index < -0.39 is 0 Å². The molecule has 0 amide bonds. The van der Waals surface area contributed by atoms with Gasteiger partial charge in [-0.2, -0.15) is 0 Å². The Hall–Kier alpha value is -0.410. The van der Waals surface area contributed by atoms with E-state index in [1.54, 1.807) is 0 Å². The van der Waals surface area contributed by atoms with Crippen LogP contribution >= 0.6 is 0 Å². The van der Waals surface area contributed by atoms with Crippen molar-refractivity contribution >= 4 is 6.21 Å². The lowest BCUT2D eigenvalue weighted by Crippen LogP contribution is -2.43. The molecule has 0 saturated heterocycles. The van der Waals surface area contributed by atoms with Crippen LogP contribution in [0.25, 0.3) is 0 Å². The van der Waals surface area contributed by atoms with Crippen LogP contribution in [0.5, 0.6) is 0 Å². The van der Waals surface area contributed by atoms with Crippen LogP contribution in [0.15, 0.2) is 4.99 Å². The van der Waals surface area contributed by atoms with Gasteiger partial charge in [0.25, 0.3) is 0 Å². The van der Waals surface area contributed by atoms with Crippen molar-refractivity contribution < 1.29 is 0 Å². The van der Waals surface area contributed by atoms with Gasteiger partial charge >= 0.3 is 0 Å². The van der Waals surface area contributed by atoms with E-state index in [0.29, 0.717) is 12.1 Å². The third-order valence-corrected chi connectivity index (χ3v) is 1.36. The highest BCUT2D eigenvalue weighted by atomic mass is 15.1. The van der Waals surface area contributed by atoms with Crippen LogP contribution in [-0.4, -0.2) is 24.5 Å². The minimum absolute atomic E-state index is 0.0733. The molecule has 1 aliphatic heterocycles. The first-order chi connectivity index (χ1) is 4.20. The van der Waals surface area contributed by atoms with Crippen molar-refractivity contribution in [2.75, 3.05) is 0 Å². The van der Waals surface area contributed by atoms with Crippen LogP contribution in [0, 0.1) is 0 Å².